The molecule has 1 aromatic heterocycles. The van der Waals surface area contributed by atoms with Crippen LogP contribution in [0.25, 0.3) is 0 Å². The minimum absolute atomic E-state index is 0.159. The average Bonchev–Trinajstić information content (AvgIpc) is 2.97. The molecule has 7 nitrogen and oxygen atoms in total. The molecule has 0 unspecified atom stereocenters. The standard InChI is InChI=1S/C23H19ClN4O3/c1-23(14-15-7-3-2-4-8-15)21(30)28(22(31)27-23)19-11-10-16(13-17(19)24)26-20(29)18-9-5-6-12-25-18/h2-13H,14H2,1H3,(H,26,29)(H,27,31)/t23-/m0/s1. The van der Waals surface area contributed by atoms with Gasteiger partial charge >= 0.3 is 6.03 Å². The van der Waals surface area contributed by atoms with Gasteiger partial charge < -0.3 is 10.6 Å². The number of amides is 4. The molecule has 0 spiro atoms. The Labute approximate surface area is 184 Å². The van der Waals surface area contributed by atoms with E-state index in [1.54, 1.807) is 31.2 Å². The SMILES string of the molecule is C[C@@]1(Cc2ccccc2)NC(=O)N(c2ccc(NC(=O)c3ccccn3)cc2Cl)C1=O. The van der Waals surface area contributed by atoms with Gasteiger partial charge in [0, 0.05) is 18.3 Å². The lowest BCUT2D eigenvalue weighted by Gasteiger charge is -2.22. The highest BCUT2D eigenvalue weighted by atomic mass is 35.5. The lowest BCUT2D eigenvalue weighted by molar-refractivity contribution is -0.121. The second-order valence-corrected chi connectivity index (χ2v) is 7.81. The number of hydrogen-bond acceptors (Lipinski definition) is 4. The Morgan fingerprint density at radius 2 is 1.84 bits per heavy atom. The quantitative estimate of drug-likeness (QED) is 0.593. The van der Waals surface area contributed by atoms with Crippen molar-refractivity contribution in [2.45, 2.75) is 18.9 Å². The second kappa shape index (κ2) is 8.20. The molecular formula is C23H19ClN4O3. The predicted molar refractivity (Wildman–Crippen MR) is 118 cm³/mol. The van der Waals surface area contributed by atoms with Gasteiger partial charge in [0.25, 0.3) is 11.8 Å². The van der Waals surface area contributed by atoms with E-state index in [1.807, 2.05) is 30.3 Å². The van der Waals surface area contributed by atoms with Crippen LogP contribution in [0.4, 0.5) is 16.2 Å². The normalized spacial score (nSPS) is 18.1. The molecule has 0 saturated carbocycles. The minimum atomic E-state index is -1.09. The van der Waals surface area contributed by atoms with Gasteiger partial charge in [0.05, 0.1) is 10.7 Å². The number of benzene rings is 2. The Balaban J connectivity index is 1.54. The molecule has 1 atom stereocenters. The summed E-state index contributed by atoms with van der Waals surface area (Å²) in [5.74, 6) is -0.789. The maximum Gasteiger partial charge on any atom is 0.329 e. The third-order valence-electron chi connectivity index (χ3n) is 5.01. The Morgan fingerprint density at radius 3 is 2.52 bits per heavy atom. The molecule has 0 bridgehead atoms. The number of aromatic nitrogens is 1. The van der Waals surface area contributed by atoms with Gasteiger partial charge in [-0.15, -0.1) is 0 Å². The number of imide groups is 1. The Morgan fingerprint density at radius 1 is 1.10 bits per heavy atom. The van der Waals surface area contributed by atoms with E-state index in [9.17, 15) is 14.4 Å². The Bertz CT molecular complexity index is 1150. The summed E-state index contributed by atoms with van der Waals surface area (Å²) in [4.78, 5) is 43.1. The summed E-state index contributed by atoms with van der Waals surface area (Å²) in [6.07, 6.45) is 1.87. The summed E-state index contributed by atoms with van der Waals surface area (Å²) in [6, 6.07) is 18.5. The first-order chi connectivity index (χ1) is 14.9. The lowest BCUT2D eigenvalue weighted by atomic mass is 9.93. The molecule has 31 heavy (non-hydrogen) atoms. The van der Waals surface area contributed by atoms with Gasteiger partial charge in [-0.3, -0.25) is 14.6 Å². The van der Waals surface area contributed by atoms with Crippen molar-refractivity contribution < 1.29 is 14.4 Å². The van der Waals surface area contributed by atoms with E-state index in [4.69, 9.17) is 11.6 Å². The maximum atomic E-state index is 13.1. The number of hydrogen-bond donors (Lipinski definition) is 2. The lowest BCUT2D eigenvalue weighted by Crippen LogP contribution is -2.46. The number of nitrogens with one attached hydrogen (secondary N) is 2. The molecule has 0 radical (unpaired) electrons. The van der Waals surface area contributed by atoms with Crippen LogP contribution in [0.5, 0.6) is 0 Å². The van der Waals surface area contributed by atoms with Crippen LogP contribution in [0.3, 0.4) is 0 Å². The van der Waals surface area contributed by atoms with Crippen LogP contribution < -0.4 is 15.5 Å². The number of urea groups is 1. The minimum Gasteiger partial charge on any atom is -0.323 e. The van der Waals surface area contributed by atoms with Gasteiger partial charge in [-0.2, -0.15) is 0 Å². The highest BCUT2D eigenvalue weighted by Crippen LogP contribution is 2.34. The van der Waals surface area contributed by atoms with Gasteiger partial charge in [-0.1, -0.05) is 48.0 Å². The van der Waals surface area contributed by atoms with Crippen LogP contribution in [0.15, 0.2) is 72.9 Å². The van der Waals surface area contributed by atoms with E-state index in [0.29, 0.717) is 12.1 Å². The second-order valence-electron chi connectivity index (χ2n) is 7.40. The predicted octanol–water partition coefficient (Wildman–Crippen LogP) is 4.04. The third kappa shape index (κ3) is 4.13. The van der Waals surface area contributed by atoms with Gasteiger partial charge in [-0.25, -0.2) is 9.69 Å². The van der Waals surface area contributed by atoms with Crippen LogP contribution in [-0.4, -0.2) is 28.4 Å². The zero-order valence-electron chi connectivity index (χ0n) is 16.6. The fourth-order valence-corrected chi connectivity index (χ4v) is 3.75. The molecule has 4 amide bonds. The van der Waals surface area contributed by atoms with E-state index in [1.165, 1.54) is 18.3 Å². The first kappa shape index (κ1) is 20.6. The van der Waals surface area contributed by atoms with Crippen molar-refractivity contribution in [3.63, 3.8) is 0 Å². The van der Waals surface area contributed by atoms with Gasteiger partial charge in [0.2, 0.25) is 0 Å². The summed E-state index contributed by atoms with van der Waals surface area (Å²) in [5.41, 5.74) is 0.765. The van der Waals surface area contributed by atoms with Crippen molar-refractivity contribution >= 4 is 40.8 Å². The summed E-state index contributed by atoms with van der Waals surface area (Å²) >= 11 is 6.38. The topological polar surface area (TPSA) is 91.4 Å². The molecule has 1 saturated heterocycles. The number of pyridine rings is 1. The third-order valence-corrected chi connectivity index (χ3v) is 5.31. The first-order valence-electron chi connectivity index (χ1n) is 9.60. The molecule has 1 aliphatic rings. The van der Waals surface area contributed by atoms with E-state index in [2.05, 4.69) is 15.6 Å². The number of anilines is 2. The fourth-order valence-electron chi connectivity index (χ4n) is 3.49. The molecule has 4 rings (SSSR count). The number of halogens is 1. The first-order valence-corrected chi connectivity index (χ1v) is 9.98. The van der Waals surface area contributed by atoms with Crippen LogP contribution in [0.2, 0.25) is 5.02 Å². The van der Waals surface area contributed by atoms with Gasteiger partial charge in [0.1, 0.15) is 11.2 Å². The summed E-state index contributed by atoms with van der Waals surface area (Å²) in [7, 11) is 0. The Kier molecular flexibility index (Phi) is 5.44. The van der Waals surface area contributed by atoms with Crippen molar-refractivity contribution in [1.29, 1.82) is 0 Å². The molecule has 156 valence electrons. The van der Waals surface area contributed by atoms with Crippen molar-refractivity contribution in [3.05, 3.63) is 89.2 Å². The summed E-state index contributed by atoms with van der Waals surface area (Å²) < 4.78 is 0. The average molecular weight is 435 g/mol. The number of carbonyl (C=O) groups is 3. The molecule has 3 aromatic rings. The van der Waals surface area contributed by atoms with Crippen LogP contribution in [-0.2, 0) is 11.2 Å². The van der Waals surface area contributed by atoms with E-state index < -0.39 is 23.4 Å². The van der Waals surface area contributed by atoms with Crippen molar-refractivity contribution in [3.8, 4) is 0 Å². The highest BCUT2D eigenvalue weighted by Gasteiger charge is 2.48. The molecular weight excluding hydrogens is 416 g/mol. The largest absolute Gasteiger partial charge is 0.329 e. The molecule has 8 heteroatoms. The summed E-state index contributed by atoms with van der Waals surface area (Å²) in [6.45, 7) is 1.69. The van der Waals surface area contributed by atoms with Crippen molar-refractivity contribution in [2.75, 3.05) is 10.2 Å². The smallest absolute Gasteiger partial charge is 0.323 e. The van der Waals surface area contributed by atoms with E-state index in [-0.39, 0.29) is 16.4 Å². The number of carbonyl (C=O) groups excluding carboxylic acids is 3. The zero-order valence-corrected chi connectivity index (χ0v) is 17.4. The van der Waals surface area contributed by atoms with E-state index >= 15 is 0 Å². The zero-order chi connectivity index (χ0) is 22.0. The van der Waals surface area contributed by atoms with Gasteiger partial charge in [-0.05, 0) is 42.8 Å². The molecule has 2 aromatic carbocycles. The van der Waals surface area contributed by atoms with Crippen LogP contribution >= 0.6 is 11.6 Å². The molecule has 0 aliphatic carbocycles. The maximum absolute atomic E-state index is 13.1. The molecule has 1 fully saturated rings. The van der Waals surface area contributed by atoms with Gasteiger partial charge in [0.15, 0.2) is 0 Å². The Hall–Kier alpha value is -3.71. The number of nitrogens with zero attached hydrogens (tertiary/aromatic N) is 2. The molecule has 2 heterocycles. The van der Waals surface area contributed by atoms with Crippen molar-refractivity contribution in [1.82, 2.24) is 10.3 Å². The highest BCUT2D eigenvalue weighted by molar-refractivity contribution is 6.36. The fraction of sp³-hybridized carbons (Fsp3) is 0.130. The number of rotatable bonds is 5. The van der Waals surface area contributed by atoms with Crippen LogP contribution in [0.1, 0.15) is 23.0 Å². The monoisotopic (exact) mass is 434 g/mol. The van der Waals surface area contributed by atoms with E-state index in [0.717, 1.165) is 10.5 Å². The molecule has 2 N–H and O–H groups in total. The van der Waals surface area contributed by atoms with Crippen molar-refractivity contribution in [2.24, 2.45) is 0 Å². The molecule has 1 aliphatic heterocycles. The van der Waals surface area contributed by atoms with Crippen LogP contribution in [0, 0.1) is 0 Å². The summed E-state index contributed by atoms with van der Waals surface area (Å²) in [5, 5.41) is 5.63.